The molecule has 2 unspecified atom stereocenters. The van der Waals surface area contributed by atoms with Crippen LogP contribution in [0.1, 0.15) is 36.5 Å². The van der Waals surface area contributed by atoms with Crippen LogP contribution < -0.4 is 13.8 Å². The molecule has 0 fully saturated rings. The standard InChI is InChI=1S/C30H29ClF4N2O6S/c1-18(38)17-42-29-28(14-21(15-36-29)30(33,34)35)44(39,40)37-16-22(10-7-19(2)41-3)43-27-12-9-20(13-26(27)37)8-11-23-24(31)5-4-6-25(23)32/h4-6,8-9,11-15,18,22,38H,2,7,10,16-17H2,1,3H3. The maximum absolute atomic E-state index is 14.3. The topological polar surface area (TPSA) is 98.2 Å². The highest BCUT2D eigenvalue weighted by Gasteiger charge is 2.39. The lowest BCUT2D eigenvalue weighted by Gasteiger charge is -2.36. The quantitative estimate of drug-likeness (QED) is 0.139. The van der Waals surface area contributed by atoms with Crippen molar-refractivity contribution in [1.29, 1.82) is 0 Å². The largest absolute Gasteiger partial charge is 0.502 e. The zero-order valence-corrected chi connectivity index (χ0v) is 25.2. The maximum Gasteiger partial charge on any atom is 0.417 e. The number of ether oxygens (including phenoxy) is 3. The summed E-state index contributed by atoms with van der Waals surface area (Å²) in [6.45, 7) is 4.41. The Kier molecular flexibility index (Phi) is 10.1. The van der Waals surface area contributed by atoms with Crippen molar-refractivity contribution in [3.63, 3.8) is 0 Å². The van der Waals surface area contributed by atoms with E-state index in [4.69, 9.17) is 25.8 Å². The number of anilines is 1. The van der Waals surface area contributed by atoms with Crippen LogP contribution in [-0.4, -0.2) is 51.0 Å². The SMILES string of the molecule is C=C(CCC1CN(S(=O)(=O)c2cc(C(F)(F)F)cnc2OCC(C)O)c2cc(C=Cc3c(F)cccc3Cl)ccc2O1)OC. The van der Waals surface area contributed by atoms with Crippen molar-refractivity contribution in [2.75, 3.05) is 24.6 Å². The molecule has 1 aliphatic heterocycles. The van der Waals surface area contributed by atoms with Gasteiger partial charge in [-0.25, -0.2) is 17.8 Å². The molecule has 44 heavy (non-hydrogen) atoms. The summed E-state index contributed by atoms with van der Waals surface area (Å²) in [5.74, 6) is -0.611. The number of benzene rings is 2. The van der Waals surface area contributed by atoms with E-state index in [2.05, 4.69) is 11.6 Å². The second-order valence-electron chi connectivity index (χ2n) is 9.94. The van der Waals surface area contributed by atoms with E-state index in [0.717, 1.165) is 4.31 Å². The average molecular weight is 657 g/mol. The van der Waals surface area contributed by atoms with Gasteiger partial charge in [-0.05, 0) is 55.3 Å². The molecule has 0 bridgehead atoms. The number of sulfonamides is 1. The van der Waals surface area contributed by atoms with Crippen LogP contribution in [-0.2, 0) is 20.9 Å². The molecular weight excluding hydrogens is 628 g/mol. The van der Waals surface area contributed by atoms with E-state index in [1.807, 2.05) is 0 Å². The summed E-state index contributed by atoms with van der Waals surface area (Å²) in [4.78, 5) is 2.80. The molecule has 0 spiro atoms. The first kappa shape index (κ1) is 33.1. The van der Waals surface area contributed by atoms with E-state index >= 15 is 0 Å². The highest BCUT2D eigenvalue weighted by atomic mass is 35.5. The Balaban J connectivity index is 1.82. The van der Waals surface area contributed by atoms with E-state index in [0.29, 0.717) is 30.0 Å². The van der Waals surface area contributed by atoms with Crippen molar-refractivity contribution in [2.24, 2.45) is 0 Å². The minimum Gasteiger partial charge on any atom is -0.502 e. The van der Waals surface area contributed by atoms with E-state index in [9.17, 15) is 31.1 Å². The molecule has 8 nitrogen and oxygen atoms in total. The smallest absolute Gasteiger partial charge is 0.417 e. The van der Waals surface area contributed by atoms with Crippen LogP contribution >= 0.6 is 11.6 Å². The average Bonchev–Trinajstić information content (AvgIpc) is 2.97. The van der Waals surface area contributed by atoms with Gasteiger partial charge in [-0.2, -0.15) is 13.2 Å². The summed E-state index contributed by atoms with van der Waals surface area (Å²) >= 11 is 6.12. The van der Waals surface area contributed by atoms with Gasteiger partial charge in [0.1, 0.15) is 24.3 Å². The first-order chi connectivity index (χ1) is 20.7. The monoisotopic (exact) mass is 656 g/mol. The third kappa shape index (κ3) is 7.63. The van der Waals surface area contributed by atoms with Gasteiger partial charge in [-0.1, -0.05) is 36.4 Å². The summed E-state index contributed by atoms with van der Waals surface area (Å²) in [5.41, 5.74) is -0.750. The Morgan fingerprint density at radius 1 is 1.27 bits per heavy atom. The number of aromatic nitrogens is 1. The molecule has 1 N–H and O–H groups in total. The Morgan fingerprint density at radius 3 is 2.68 bits per heavy atom. The Morgan fingerprint density at radius 2 is 2.02 bits per heavy atom. The van der Waals surface area contributed by atoms with Crippen molar-refractivity contribution < 1.29 is 45.3 Å². The number of nitrogens with zero attached hydrogens (tertiary/aromatic N) is 2. The number of allylic oxidation sites excluding steroid dienone is 1. The summed E-state index contributed by atoms with van der Waals surface area (Å²) in [6, 6.07) is 9.20. The predicted molar refractivity (Wildman–Crippen MR) is 158 cm³/mol. The molecule has 236 valence electrons. The zero-order valence-electron chi connectivity index (χ0n) is 23.6. The first-order valence-electron chi connectivity index (χ1n) is 13.3. The minimum atomic E-state index is -4.90. The van der Waals surface area contributed by atoms with Crippen molar-refractivity contribution in [2.45, 2.75) is 43.0 Å². The normalized spacial score (nSPS) is 15.9. The van der Waals surface area contributed by atoms with Gasteiger partial charge < -0.3 is 19.3 Å². The van der Waals surface area contributed by atoms with Crippen molar-refractivity contribution >= 4 is 39.5 Å². The highest BCUT2D eigenvalue weighted by Crippen LogP contribution is 2.41. The number of hydrogen-bond donors (Lipinski definition) is 1. The molecule has 3 aromatic rings. The number of alkyl halides is 3. The lowest BCUT2D eigenvalue weighted by molar-refractivity contribution is -0.138. The van der Waals surface area contributed by atoms with E-state index < -0.39 is 57.2 Å². The molecule has 0 radical (unpaired) electrons. The van der Waals surface area contributed by atoms with Crippen LogP contribution in [0.25, 0.3) is 12.2 Å². The number of aliphatic hydroxyl groups excluding tert-OH is 1. The number of rotatable bonds is 11. The molecule has 14 heteroatoms. The van der Waals surface area contributed by atoms with Crippen LogP contribution in [0.15, 0.2) is 65.9 Å². The summed E-state index contributed by atoms with van der Waals surface area (Å²) < 4.78 is 101. The molecular formula is C30H29ClF4N2O6S. The van der Waals surface area contributed by atoms with Gasteiger partial charge >= 0.3 is 6.18 Å². The van der Waals surface area contributed by atoms with Crippen LogP contribution in [0.4, 0.5) is 23.2 Å². The molecule has 1 aliphatic rings. The Hall–Kier alpha value is -3.81. The number of halogens is 5. The predicted octanol–water partition coefficient (Wildman–Crippen LogP) is 6.72. The number of methoxy groups -OCH3 is 1. The number of aliphatic hydroxyl groups is 1. The van der Waals surface area contributed by atoms with Gasteiger partial charge in [0.25, 0.3) is 10.0 Å². The van der Waals surface area contributed by atoms with Crippen molar-refractivity contribution in [3.8, 4) is 11.6 Å². The molecule has 1 aromatic heterocycles. The van der Waals surface area contributed by atoms with E-state index in [-0.39, 0.29) is 35.0 Å². The van der Waals surface area contributed by atoms with Crippen molar-refractivity contribution in [1.82, 2.24) is 4.98 Å². The van der Waals surface area contributed by atoms with Crippen LogP contribution in [0.2, 0.25) is 5.02 Å². The van der Waals surface area contributed by atoms with Crippen LogP contribution in [0.3, 0.4) is 0 Å². The fourth-order valence-electron chi connectivity index (χ4n) is 4.28. The Labute approximate surface area is 257 Å². The Bertz CT molecular complexity index is 1640. The van der Waals surface area contributed by atoms with Crippen LogP contribution in [0, 0.1) is 5.82 Å². The van der Waals surface area contributed by atoms with Gasteiger partial charge in [0.15, 0.2) is 4.90 Å². The number of pyridine rings is 1. The van der Waals surface area contributed by atoms with E-state index in [1.165, 1.54) is 56.5 Å². The lowest BCUT2D eigenvalue weighted by atomic mass is 10.1. The van der Waals surface area contributed by atoms with Crippen LogP contribution in [0.5, 0.6) is 11.6 Å². The molecule has 0 aliphatic carbocycles. The molecule has 0 amide bonds. The summed E-state index contributed by atoms with van der Waals surface area (Å²) in [6.07, 6.45) is -2.72. The first-order valence-corrected chi connectivity index (χ1v) is 15.1. The second-order valence-corrected chi connectivity index (χ2v) is 12.2. The fourth-order valence-corrected chi connectivity index (χ4v) is 6.12. The maximum atomic E-state index is 14.3. The zero-order chi connectivity index (χ0) is 32.2. The molecule has 2 heterocycles. The van der Waals surface area contributed by atoms with E-state index in [1.54, 1.807) is 6.07 Å². The summed E-state index contributed by atoms with van der Waals surface area (Å²) in [7, 11) is -3.35. The molecule has 2 atom stereocenters. The van der Waals surface area contributed by atoms with Gasteiger partial charge in [0.2, 0.25) is 5.88 Å². The van der Waals surface area contributed by atoms with Gasteiger partial charge in [0, 0.05) is 18.2 Å². The molecule has 0 saturated heterocycles. The molecule has 0 saturated carbocycles. The highest BCUT2D eigenvalue weighted by molar-refractivity contribution is 7.93. The van der Waals surface area contributed by atoms with Crippen molar-refractivity contribution in [3.05, 3.63) is 88.5 Å². The fraction of sp³-hybridized carbons (Fsp3) is 0.300. The molecule has 2 aromatic carbocycles. The van der Waals surface area contributed by atoms with Gasteiger partial charge in [-0.15, -0.1) is 0 Å². The third-order valence-corrected chi connectivity index (χ3v) is 8.67. The number of fused-ring (bicyclic) bond motifs is 1. The van der Waals surface area contributed by atoms with Gasteiger partial charge in [-0.3, -0.25) is 4.31 Å². The number of hydrogen-bond acceptors (Lipinski definition) is 7. The lowest BCUT2D eigenvalue weighted by Crippen LogP contribution is -2.43. The van der Waals surface area contributed by atoms with Gasteiger partial charge in [0.05, 0.1) is 41.8 Å². The summed E-state index contributed by atoms with van der Waals surface area (Å²) in [5, 5.41) is 9.82. The second kappa shape index (κ2) is 13.4. The molecule has 4 rings (SSSR count). The minimum absolute atomic E-state index is 0.0208. The third-order valence-electron chi connectivity index (χ3n) is 6.57.